The minimum atomic E-state index is -3.44. The molecular formula is C15H26N2O2S2. The van der Waals surface area contributed by atoms with E-state index in [-0.39, 0.29) is 6.04 Å². The average molecular weight is 331 g/mol. The molecule has 1 aliphatic rings. The van der Waals surface area contributed by atoms with Crippen molar-refractivity contribution in [1.82, 2.24) is 4.72 Å². The van der Waals surface area contributed by atoms with Crippen LogP contribution >= 0.6 is 11.3 Å². The van der Waals surface area contributed by atoms with Gasteiger partial charge < -0.3 is 5.73 Å². The minimum absolute atomic E-state index is 0.0596. The molecule has 21 heavy (non-hydrogen) atoms. The van der Waals surface area contributed by atoms with Gasteiger partial charge in [-0.15, -0.1) is 11.3 Å². The molecule has 1 heterocycles. The molecular weight excluding hydrogens is 304 g/mol. The smallest absolute Gasteiger partial charge is 0.241 e. The minimum Gasteiger partial charge on any atom is -0.326 e. The van der Waals surface area contributed by atoms with Crippen LogP contribution in [0, 0.1) is 18.8 Å². The van der Waals surface area contributed by atoms with E-state index in [0.717, 1.165) is 29.0 Å². The van der Waals surface area contributed by atoms with E-state index in [4.69, 9.17) is 5.73 Å². The molecule has 2 atom stereocenters. The summed E-state index contributed by atoms with van der Waals surface area (Å²) in [5.74, 6) is 0.933. The molecule has 0 radical (unpaired) electrons. The number of hydrogen-bond donors (Lipinski definition) is 2. The second kappa shape index (κ2) is 6.77. The number of rotatable bonds is 5. The van der Waals surface area contributed by atoms with Crippen LogP contribution in [-0.4, -0.2) is 14.5 Å². The molecule has 1 aromatic rings. The average Bonchev–Trinajstić information content (AvgIpc) is 2.81. The lowest BCUT2D eigenvalue weighted by atomic mass is 9.78. The topological polar surface area (TPSA) is 72.2 Å². The number of nitrogens with two attached hydrogens (primary N) is 1. The van der Waals surface area contributed by atoms with Gasteiger partial charge in [0.1, 0.15) is 0 Å². The molecule has 0 amide bonds. The van der Waals surface area contributed by atoms with E-state index in [1.165, 1.54) is 17.8 Å². The van der Waals surface area contributed by atoms with E-state index in [0.29, 0.717) is 23.3 Å². The summed E-state index contributed by atoms with van der Waals surface area (Å²) in [7, 11) is -3.44. The SMILES string of the molecule is Cc1sc(CN)cc1S(=O)(=O)NC1CCCCC1C(C)C. The van der Waals surface area contributed by atoms with Crippen molar-refractivity contribution in [2.45, 2.75) is 63.9 Å². The van der Waals surface area contributed by atoms with E-state index < -0.39 is 10.0 Å². The zero-order chi connectivity index (χ0) is 15.6. The van der Waals surface area contributed by atoms with Gasteiger partial charge in [0.05, 0.1) is 4.90 Å². The fraction of sp³-hybridized carbons (Fsp3) is 0.733. The fourth-order valence-corrected chi connectivity index (χ4v) is 6.09. The molecule has 1 aliphatic carbocycles. The van der Waals surface area contributed by atoms with Crippen molar-refractivity contribution in [2.75, 3.05) is 0 Å². The summed E-state index contributed by atoms with van der Waals surface area (Å²) in [4.78, 5) is 2.14. The Balaban J connectivity index is 2.21. The molecule has 0 saturated heterocycles. The maximum atomic E-state index is 12.7. The first kappa shape index (κ1) is 16.9. The molecule has 0 aliphatic heterocycles. The van der Waals surface area contributed by atoms with Gasteiger partial charge in [0.15, 0.2) is 0 Å². The molecule has 4 nitrogen and oxygen atoms in total. The summed E-state index contributed by atoms with van der Waals surface area (Å²) >= 11 is 1.47. The first-order valence-electron chi connectivity index (χ1n) is 7.67. The van der Waals surface area contributed by atoms with Crippen molar-refractivity contribution in [3.8, 4) is 0 Å². The highest BCUT2D eigenvalue weighted by Crippen LogP contribution is 2.32. The summed E-state index contributed by atoms with van der Waals surface area (Å²) < 4.78 is 28.3. The van der Waals surface area contributed by atoms with Crippen molar-refractivity contribution in [1.29, 1.82) is 0 Å². The number of sulfonamides is 1. The predicted molar refractivity (Wildman–Crippen MR) is 87.9 cm³/mol. The summed E-state index contributed by atoms with van der Waals surface area (Å²) in [6.07, 6.45) is 4.36. The van der Waals surface area contributed by atoms with Crippen molar-refractivity contribution < 1.29 is 8.42 Å². The van der Waals surface area contributed by atoms with E-state index >= 15 is 0 Å². The van der Waals surface area contributed by atoms with Crippen LogP contribution in [0.3, 0.4) is 0 Å². The lowest BCUT2D eigenvalue weighted by Gasteiger charge is -2.34. The number of nitrogens with one attached hydrogen (secondary N) is 1. The monoisotopic (exact) mass is 330 g/mol. The molecule has 1 saturated carbocycles. The lowest BCUT2D eigenvalue weighted by Crippen LogP contribution is -2.43. The Morgan fingerprint density at radius 1 is 1.38 bits per heavy atom. The van der Waals surface area contributed by atoms with Crippen LogP contribution in [0.25, 0.3) is 0 Å². The first-order chi connectivity index (χ1) is 9.85. The van der Waals surface area contributed by atoms with Crippen LogP contribution in [0.5, 0.6) is 0 Å². The predicted octanol–water partition coefficient (Wildman–Crippen LogP) is 3.01. The summed E-state index contributed by atoms with van der Waals surface area (Å²) in [6, 6.07) is 1.78. The van der Waals surface area contributed by atoms with Gasteiger partial charge >= 0.3 is 0 Å². The van der Waals surface area contributed by atoms with Crippen LogP contribution in [0.1, 0.15) is 49.3 Å². The van der Waals surface area contributed by atoms with Crippen molar-refractivity contribution in [3.63, 3.8) is 0 Å². The first-order valence-corrected chi connectivity index (χ1v) is 9.97. The van der Waals surface area contributed by atoms with Gasteiger partial charge in [-0.05, 0) is 37.7 Å². The third-order valence-electron chi connectivity index (χ3n) is 4.40. The van der Waals surface area contributed by atoms with Gasteiger partial charge in [-0.2, -0.15) is 0 Å². The largest absolute Gasteiger partial charge is 0.326 e. The zero-order valence-corrected chi connectivity index (χ0v) is 14.7. The van der Waals surface area contributed by atoms with E-state index in [1.54, 1.807) is 6.07 Å². The van der Waals surface area contributed by atoms with Crippen LogP contribution in [-0.2, 0) is 16.6 Å². The molecule has 120 valence electrons. The summed E-state index contributed by atoms with van der Waals surface area (Å²) in [5.41, 5.74) is 5.62. The Morgan fingerprint density at radius 3 is 2.62 bits per heavy atom. The molecule has 0 spiro atoms. The second-order valence-corrected chi connectivity index (χ2v) is 9.28. The van der Waals surface area contributed by atoms with E-state index in [9.17, 15) is 8.42 Å². The molecule has 1 fully saturated rings. The molecule has 2 rings (SSSR count). The third kappa shape index (κ3) is 3.86. The lowest BCUT2D eigenvalue weighted by molar-refractivity contribution is 0.226. The molecule has 1 aromatic heterocycles. The van der Waals surface area contributed by atoms with Gasteiger partial charge in [0, 0.05) is 22.3 Å². The van der Waals surface area contributed by atoms with Gasteiger partial charge in [0.2, 0.25) is 10.0 Å². The number of hydrogen-bond acceptors (Lipinski definition) is 4. The Morgan fingerprint density at radius 2 is 2.05 bits per heavy atom. The molecule has 6 heteroatoms. The van der Waals surface area contributed by atoms with Crippen molar-refractivity contribution in [3.05, 3.63) is 15.8 Å². The molecule has 3 N–H and O–H groups in total. The Hall–Kier alpha value is -0.430. The standard InChI is InChI=1S/C15H26N2O2S2/c1-10(2)13-6-4-5-7-14(13)17-21(18,19)15-8-12(9-16)20-11(15)3/h8,10,13-14,17H,4-7,9,16H2,1-3H3. The van der Waals surface area contributed by atoms with Crippen LogP contribution < -0.4 is 10.5 Å². The molecule has 0 aromatic carbocycles. The number of thiophene rings is 1. The second-order valence-electron chi connectivity index (χ2n) is 6.26. The maximum absolute atomic E-state index is 12.7. The Bertz CT molecular complexity index is 578. The van der Waals surface area contributed by atoms with Gasteiger partial charge in [-0.1, -0.05) is 26.7 Å². The summed E-state index contributed by atoms with van der Waals surface area (Å²) in [6.45, 7) is 6.59. The summed E-state index contributed by atoms with van der Waals surface area (Å²) in [5, 5.41) is 0. The van der Waals surface area contributed by atoms with Crippen molar-refractivity contribution in [2.24, 2.45) is 17.6 Å². The maximum Gasteiger partial charge on any atom is 0.241 e. The molecule has 0 bridgehead atoms. The van der Waals surface area contributed by atoms with Gasteiger partial charge in [-0.3, -0.25) is 0 Å². The Kier molecular flexibility index (Phi) is 5.46. The van der Waals surface area contributed by atoms with E-state index in [1.807, 2.05) is 6.92 Å². The van der Waals surface area contributed by atoms with Gasteiger partial charge in [0.25, 0.3) is 0 Å². The van der Waals surface area contributed by atoms with Gasteiger partial charge in [-0.25, -0.2) is 13.1 Å². The number of aryl methyl sites for hydroxylation is 1. The Labute approximate surface area is 132 Å². The fourth-order valence-electron chi connectivity index (χ4n) is 3.26. The van der Waals surface area contributed by atoms with Crippen LogP contribution in [0.4, 0.5) is 0 Å². The van der Waals surface area contributed by atoms with Crippen molar-refractivity contribution >= 4 is 21.4 Å². The molecule has 2 unspecified atom stereocenters. The highest BCUT2D eigenvalue weighted by Gasteiger charge is 2.32. The van der Waals surface area contributed by atoms with E-state index in [2.05, 4.69) is 18.6 Å². The zero-order valence-electron chi connectivity index (χ0n) is 13.1. The van der Waals surface area contributed by atoms with Crippen LogP contribution in [0.15, 0.2) is 11.0 Å². The highest BCUT2D eigenvalue weighted by atomic mass is 32.2. The normalized spacial score (nSPS) is 23.7. The van der Waals surface area contributed by atoms with Crippen LogP contribution in [0.2, 0.25) is 0 Å². The highest BCUT2D eigenvalue weighted by molar-refractivity contribution is 7.89. The third-order valence-corrected chi connectivity index (χ3v) is 7.21. The quantitative estimate of drug-likeness (QED) is 0.871.